The van der Waals surface area contributed by atoms with Crippen molar-refractivity contribution >= 4 is 0 Å². The van der Waals surface area contributed by atoms with Gasteiger partial charge < -0.3 is 14.7 Å². The quantitative estimate of drug-likeness (QED) is 0.759. The van der Waals surface area contributed by atoms with E-state index >= 15 is 0 Å². The molecule has 0 atom stereocenters. The highest BCUT2D eigenvalue weighted by atomic mass is 16.5. The predicted molar refractivity (Wildman–Crippen MR) is 97.7 cm³/mol. The highest BCUT2D eigenvalue weighted by Crippen LogP contribution is 2.30. The molecule has 0 bridgehead atoms. The smallest absolute Gasteiger partial charge is 0.119 e. The number of hydrogen-bond acceptors (Lipinski definition) is 3. The largest absolute Gasteiger partial charge is 0.508 e. The summed E-state index contributed by atoms with van der Waals surface area (Å²) in [6.45, 7) is 3.37. The molecule has 128 valence electrons. The second-order valence-electron chi connectivity index (χ2n) is 6.76. The Balaban J connectivity index is 1.53. The second kappa shape index (κ2) is 8.20. The SMILES string of the molecule is COc1cccc(CCN(CCc2ccc(O)cc2)CC2CC2)c1. The standard InChI is InChI=1S/C21H27NO2/c1-24-21-4-2-3-18(15-21)12-14-22(16-19-5-6-19)13-11-17-7-9-20(23)10-8-17/h2-4,7-10,15,19,23H,5-6,11-14,16H2,1H3. The maximum Gasteiger partial charge on any atom is 0.119 e. The molecular formula is C21H27NO2. The Morgan fingerprint density at radius 2 is 1.71 bits per heavy atom. The molecule has 0 unspecified atom stereocenters. The normalized spacial score (nSPS) is 14.1. The zero-order valence-electron chi connectivity index (χ0n) is 14.4. The minimum Gasteiger partial charge on any atom is -0.508 e. The van der Waals surface area contributed by atoms with Gasteiger partial charge in [-0.25, -0.2) is 0 Å². The molecule has 0 aromatic heterocycles. The van der Waals surface area contributed by atoms with E-state index in [4.69, 9.17) is 4.74 Å². The molecule has 0 spiro atoms. The molecule has 24 heavy (non-hydrogen) atoms. The summed E-state index contributed by atoms with van der Waals surface area (Å²) in [5.41, 5.74) is 2.62. The maximum absolute atomic E-state index is 9.39. The van der Waals surface area contributed by atoms with Crippen LogP contribution in [-0.4, -0.2) is 36.8 Å². The fraction of sp³-hybridized carbons (Fsp3) is 0.429. The molecule has 0 saturated heterocycles. The molecule has 0 amide bonds. The molecule has 1 fully saturated rings. The molecular weight excluding hydrogens is 298 g/mol. The molecule has 0 aliphatic heterocycles. The first kappa shape index (κ1) is 16.8. The van der Waals surface area contributed by atoms with Crippen molar-refractivity contribution in [3.8, 4) is 11.5 Å². The Morgan fingerprint density at radius 3 is 2.38 bits per heavy atom. The van der Waals surface area contributed by atoms with Gasteiger partial charge in [-0.2, -0.15) is 0 Å². The van der Waals surface area contributed by atoms with Crippen molar-refractivity contribution in [3.05, 3.63) is 59.7 Å². The minimum absolute atomic E-state index is 0.339. The highest BCUT2D eigenvalue weighted by Gasteiger charge is 2.24. The molecule has 2 aromatic rings. The van der Waals surface area contributed by atoms with Gasteiger partial charge in [0.25, 0.3) is 0 Å². The number of ether oxygens (including phenoxy) is 1. The van der Waals surface area contributed by atoms with Gasteiger partial charge in [-0.1, -0.05) is 24.3 Å². The fourth-order valence-corrected chi connectivity index (χ4v) is 3.02. The number of hydrogen-bond donors (Lipinski definition) is 1. The first-order valence-electron chi connectivity index (χ1n) is 8.86. The van der Waals surface area contributed by atoms with Crippen molar-refractivity contribution in [1.82, 2.24) is 4.90 Å². The number of rotatable bonds is 9. The summed E-state index contributed by atoms with van der Waals surface area (Å²) in [5.74, 6) is 2.17. The minimum atomic E-state index is 0.339. The topological polar surface area (TPSA) is 32.7 Å². The summed E-state index contributed by atoms with van der Waals surface area (Å²) in [6, 6.07) is 16.0. The van der Waals surface area contributed by atoms with E-state index in [1.165, 1.54) is 30.5 Å². The van der Waals surface area contributed by atoms with Gasteiger partial charge in [0.1, 0.15) is 11.5 Å². The lowest BCUT2D eigenvalue weighted by Gasteiger charge is -2.22. The van der Waals surface area contributed by atoms with Crippen LogP contribution in [0.1, 0.15) is 24.0 Å². The van der Waals surface area contributed by atoms with Gasteiger partial charge in [0.05, 0.1) is 7.11 Å². The summed E-state index contributed by atoms with van der Waals surface area (Å²) >= 11 is 0. The van der Waals surface area contributed by atoms with Gasteiger partial charge in [0.15, 0.2) is 0 Å². The first-order chi connectivity index (χ1) is 11.7. The fourth-order valence-electron chi connectivity index (χ4n) is 3.02. The molecule has 3 heteroatoms. The maximum atomic E-state index is 9.39. The Kier molecular flexibility index (Phi) is 5.76. The first-order valence-corrected chi connectivity index (χ1v) is 8.86. The summed E-state index contributed by atoms with van der Waals surface area (Å²) in [7, 11) is 1.72. The molecule has 2 aromatic carbocycles. The molecule has 1 aliphatic rings. The average molecular weight is 325 g/mol. The highest BCUT2D eigenvalue weighted by molar-refractivity contribution is 5.28. The van der Waals surface area contributed by atoms with Gasteiger partial charge in [0, 0.05) is 19.6 Å². The van der Waals surface area contributed by atoms with E-state index in [9.17, 15) is 5.11 Å². The molecule has 1 N–H and O–H groups in total. The monoisotopic (exact) mass is 325 g/mol. The Labute approximate surface area is 144 Å². The van der Waals surface area contributed by atoms with Crippen molar-refractivity contribution in [2.75, 3.05) is 26.7 Å². The number of aromatic hydroxyl groups is 1. The number of phenolic OH excluding ortho intramolecular Hbond substituents is 1. The van der Waals surface area contributed by atoms with Crippen molar-refractivity contribution in [2.45, 2.75) is 25.7 Å². The average Bonchev–Trinajstić information content (AvgIpc) is 3.43. The van der Waals surface area contributed by atoms with E-state index in [-0.39, 0.29) is 0 Å². The van der Waals surface area contributed by atoms with Crippen LogP contribution >= 0.6 is 0 Å². The van der Waals surface area contributed by atoms with Crippen LogP contribution in [0.15, 0.2) is 48.5 Å². The van der Waals surface area contributed by atoms with Crippen LogP contribution in [0.2, 0.25) is 0 Å². The van der Waals surface area contributed by atoms with Crippen LogP contribution in [-0.2, 0) is 12.8 Å². The molecule has 3 rings (SSSR count). The van der Waals surface area contributed by atoms with Crippen LogP contribution in [0, 0.1) is 5.92 Å². The predicted octanol–water partition coefficient (Wildman–Crippen LogP) is 3.90. The van der Waals surface area contributed by atoms with E-state index in [1.54, 1.807) is 19.2 Å². The van der Waals surface area contributed by atoms with E-state index < -0.39 is 0 Å². The zero-order valence-corrected chi connectivity index (χ0v) is 14.4. The summed E-state index contributed by atoms with van der Waals surface area (Å²) in [6.07, 6.45) is 4.86. The number of nitrogens with zero attached hydrogens (tertiary/aromatic N) is 1. The van der Waals surface area contributed by atoms with Crippen molar-refractivity contribution < 1.29 is 9.84 Å². The molecule has 0 heterocycles. The van der Waals surface area contributed by atoms with Crippen molar-refractivity contribution in [1.29, 1.82) is 0 Å². The third-order valence-corrected chi connectivity index (χ3v) is 4.72. The van der Waals surface area contributed by atoms with E-state index in [0.717, 1.165) is 37.6 Å². The number of phenols is 1. The Bertz CT molecular complexity index is 635. The van der Waals surface area contributed by atoms with Crippen LogP contribution in [0.4, 0.5) is 0 Å². The van der Waals surface area contributed by atoms with E-state index in [1.807, 2.05) is 18.2 Å². The van der Waals surface area contributed by atoms with Crippen LogP contribution in [0.5, 0.6) is 11.5 Å². The lowest BCUT2D eigenvalue weighted by molar-refractivity contribution is 0.269. The van der Waals surface area contributed by atoms with Gasteiger partial charge in [0.2, 0.25) is 0 Å². The van der Waals surface area contributed by atoms with Crippen molar-refractivity contribution in [3.63, 3.8) is 0 Å². The zero-order chi connectivity index (χ0) is 16.8. The second-order valence-corrected chi connectivity index (χ2v) is 6.76. The van der Waals surface area contributed by atoms with Gasteiger partial charge in [-0.05, 0) is 67.0 Å². The Hall–Kier alpha value is -2.00. The Morgan fingerprint density at radius 1 is 1.00 bits per heavy atom. The molecule has 1 aliphatic carbocycles. The van der Waals surface area contributed by atoms with Gasteiger partial charge in [-0.3, -0.25) is 0 Å². The summed E-state index contributed by atoms with van der Waals surface area (Å²) < 4.78 is 5.32. The van der Waals surface area contributed by atoms with E-state index in [2.05, 4.69) is 23.1 Å². The molecule has 3 nitrogen and oxygen atoms in total. The third kappa shape index (κ3) is 5.27. The van der Waals surface area contributed by atoms with Gasteiger partial charge >= 0.3 is 0 Å². The summed E-state index contributed by atoms with van der Waals surface area (Å²) in [4.78, 5) is 2.59. The number of methoxy groups -OCH3 is 1. The number of benzene rings is 2. The summed E-state index contributed by atoms with van der Waals surface area (Å²) in [5, 5.41) is 9.39. The van der Waals surface area contributed by atoms with Crippen LogP contribution < -0.4 is 4.74 Å². The lowest BCUT2D eigenvalue weighted by atomic mass is 10.1. The van der Waals surface area contributed by atoms with Crippen LogP contribution in [0.3, 0.4) is 0 Å². The van der Waals surface area contributed by atoms with Crippen molar-refractivity contribution in [2.24, 2.45) is 5.92 Å². The third-order valence-electron chi connectivity index (χ3n) is 4.72. The van der Waals surface area contributed by atoms with Crippen LogP contribution in [0.25, 0.3) is 0 Å². The lowest BCUT2D eigenvalue weighted by Crippen LogP contribution is -2.30. The molecule has 0 radical (unpaired) electrons. The van der Waals surface area contributed by atoms with E-state index in [0.29, 0.717) is 5.75 Å². The van der Waals surface area contributed by atoms with Gasteiger partial charge in [-0.15, -0.1) is 0 Å². The molecule has 1 saturated carbocycles.